The quantitative estimate of drug-likeness (QED) is 0.222. The van der Waals surface area contributed by atoms with E-state index in [-0.39, 0.29) is 42.5 Å². The van der Waals surface area contributed by atoms with Crippen LogP contribution in [0.2, 0.25) is 0 Å². The monoisotopic (exact) mass is 489 g/mol. The number of halogens is 3. The molecule has 0 aromatic heterocycles. The number of piperidine rings is 1. The maximum absolute atomic E-state index is 12.4. The Morgan fingerprint density at radius 3 is 2.35 bits per heavy atom. The maximum Gasteiger partial charge on any atom is 0.251 e. The molecule has 1 rings (SSSR count). The second-order valence-corrected chi connectivity index (χ2v) is 7.38. The van der Waals surface area contributed by atoms with Gasteiger partial charge in [-0.25, -0.2) is 8.78 Å². The van der Waals surface area contributed by atoms with Crippen molar-refractivity contribution < 1.29 is 13.6 Å². The second-order valence-electron chi connectivity index (χ2n) is 7.38. The highest BCUT2D eigenvalue weighted by atomic mass is 127. The summed E-state index contributed by atoms with van der Waals surface area (Å²) in [6.45, 7) is 10.5. The van der Waals surface area contributed by atoms with E-state index in [1.807, 2.05) is 27.7 Å². The Hall–Kier alpha value is -0.710. The summed E-state index contributed by atoms with van der Waals surface area (Å²) in [6.07, 6.45) is -0.637. The van der Waals surface area contributed by atoms with Crippen molar-refractivity contribution >= 4 is 35.8 Å². The molecule has 1 fully saturated rings. The Kier molecular flexibility index (Phi) is 12.3. The second kappa shape index (κ2) is 12.6. The number of guanidine groups is 1. The number of likely N-dealkylation sites (tertiary alicyclic amines) is 1. The number of amides is 1. The summed E-state index contributed by atoms with van der Waals surface area (Å²) in [5, 5.41) is 9.41. The Balaban J connectivity index is 0.00000625. The molecule has 154 valence electrons. The number of aliphatic imine (C=N–C) groups is 1. The minimum atomic E-state index is -2.27. The smallest absolute Gasteiger partial charge is 0.251 e. The Morgan fingerprint density at radius 1 is 1.23 bits per heavy atom. The van der Waals surface area contributed by atoms with E-state index in [2.05, 4.69) is 20.9 Å². The largest absolute Gasteiger partial charge is 0.357 e. The maximum atomic E-state index is 12.4. The third kappa shape index (κ3) is 10.4. The van der Waals surface area contributed by atoms with Crippen LogP contribution in [0.15, 0.2) is 4.99 Å². The van der Waals surface area contributed by atoms with E-state index in [1.54, 1.807) is 4.90 Å². The molecule has 6 nitrogen and oxygen atoms in total. The molecule has 0 aromatic rings. The molecule has 0 atom stereocenters. The zero-order valence-corrected chi connectivity index (χ0v) is 18.6. The molecule has 1 amide bonds. The SMILES string of the molecule is CCNC(=NCCNC(=O)C(C)(C)C)NC1CCN(CC(F)F)CC1.I. The van der Waals surface area contributed by atoms with E-state index >= 15 is 0 Å². The third-order valence-corrected chi connectivity index (χ3v) is 4.02. The van der Waals surface area contributed by atoms with E-state index < -0.39 is 11.8 Å². The Bertz CT molecular complexity index is 435. The normalized spacial score (nSPS) is 17.0. The number of rotatable bonds is 7. The molecule has 1 heterocycles. The van der Waals surface area contributed by atoms with Crippen molar-refractivity contribution in [3.8, 4) is 0 Å². The highest BCUT2D eigenvalue weighted by Crippen LogP contribution is 2.12. The van der Waals surface area contributed by atoms with E-state index in [4.69, 9.17) is 0 Å². The molecule has 1 aliphatic heterocycles. The Morgan fingerprint density at radius 2 is 1.85 bits per heavy atom. The van der Waals surface area contributed by atoms with Gasteiger partial charge in [0.15, 0.2) is 5.96 Å². The van der Waals surface area contributed by atoms with E-state index in [0.717, 1.165) is 19.4 Å². The van der Waals surface area contributed by atoms with Crippen molar-refractivity contribution in [3.05, 3.63) is 0 Å². The van der Waals surface area contributed by atoms with Gasteiger partial charge in [-0.3, -0.25) is 14.7 Å². The van der Waals surface area contributed by atoms with E-state index in [0.29, 0.717) is 32.1 Å². The summed E-state index contributed by atoms with van der Waals surface area (Å²) in [6, 6.07) is 0.232. The molecule has 0 unspecified atom stereocenters. The minimum absolute atomic E-state index is 0. The molecule has 26 heavy (non-hydrogen) atoms. The summed E-state index contributed by atoms with van der Waals surface area (Å²) < 4.78 is 24.8. The predicted octanol–water partition coefficient (Wildman–Crippen LogP) is 2.05. The van der Waals surface area contributed by atoms with Gasteiger partial charge in [0.2, 0.25) is 5.91 Å². The van der Waals surface area contributed by atoms with Crippen molar-refractivity contribution in [3.63, 3.8) is 0 Å². The van der Waals surface area contributed by atoms with Crippen molar-refractivity contribution in [1.82, 2.24) is 20.9 Å². The zero-order valence-electron chi connectivity index (χ0n) is 16.3. The molecule has 0 radical (unpaired) electrons. The van der Waals surface area contributed by atoms with Crippen LogP contribution in [-0.4, -0.2) is 68.5 Å². The van der Waals surface area contributed by atoms with Gasteiger partial charge in [-0.1, -0.05) is 20.8 Å². The number of nitrogens with one attached hydrogen (secondary N) is 3. The average molecular weight is 489 g/mol. The van der Waals surface area contributed by atoms with Crippen molar-refractivity contribution in [1.29, 1.82) is 0 Å². The molecule has 9 heteroatoms. The van der Waals surface area contributed by atoms with Crippen LogP contribution in [0.4, 0.5) is 8.78 Å². The van der Waals surface area contributed by atoms with Crippen molar-refractivity contribution in [2.24, 2.45) is 10.4 Å². The summed E-state index contributed by atoms with van der Waals surface area (Å²) in [4.78, 5) is 18.1. The molecule has 0 bridgehead atoms. The number of nitrogens with zero attached hydrogens (tertiary/aromatic N) is 2. The highest BCUT2D eigenvalue weighted by molar-refractivity contribution is 14.0. The lowest BCUT2D eigenvalue weighted by Crippen LogP contribution is -2.49. The van der Waals surface area contributed by atoms with Gasteiger partial charge in [-0.2, -0.15) is 0 Å². The van der Waals surface area contributed by atoms with Crippen LogP contribution in [-0.2, 0) is 4.79 Å². The number of hydrogen-bond donors (Lipinski definition) is 3. The van der Waals surface area contributed by atoms with Crippen LogP contribution < -0.4 is 16.0 Å². The molecule has 3 N–H and O–H groups in total. The van der Waals surface area contributed by atoms with E-state index in [9.17, 15) is 13.6 Å². The van der Waals surface area contributed by atoms with Gasteiger partial charge in [-0.15, -0.1) is 24.0 Å². The minimum Gasteiger partial charge on any atom is -0.357 e. The van der Waals surface area contributed by atoms with Crippen molar-refractivity contribution in [2.45, 2.75) is 53.0 Å². The van der Waals surface area contributed by atoms with Gasteiger partial charge in [0.25, 0.3) is 6.43 Å². The molecule has 0 aliphatic carbocycles. The molecular weight excluding hydrogens is 455 g/mol. The molecule has 0 spiro atoms. The molecule has 0 saturated carbocycles. The van der Waals surface area contributed by atoms with Gasteiger partial charge in [0.1, 0.15) is 0 Å². The van der Waals surface area contributed by atoms with Crippen molar-refractivity contribution in [2.75, 3.05) is 39.3 Å². The van der Waals surface area contributed by atoms with Crippen LogP contribution in [0.3, 0.4) is 0 Å². The number of hydrogen-bond acceptors (Lipinski definition) is 3. The first-order valence-electron chi connectivity index (χ1n) is 9.06. The van der Waals surface area contributed by atoms with E-state index in [1.165, 1.54) is 0 Å². The summed E-state index contributed by atoms with van der Waals surface area (Å²) in [7, 11) is 0. The highest BCUT2D eigenvalue weighted by Gasteiger charge is 2.22. The Labute approximate surface area is 173 Å². The topological polar surface area (TPSA) is 68.8 Å². The lowest BCUT2D eigenvalue weighted by molar-refractivity contribution is -0.128. The van der Waals surface area contributed by atoms with Crippen LogP contribution >= 0.6 is 24.0 Å². The fourth-order valence-electron chi connectivity index (χ4n) is 2.57. The van der Waals surface area contributed by atoms with Gasteiger partial charge in [0, 0.05) is 37.6 Å². The lowest BCUT2D eigenvalue weighted by atomic mass is 9.96. The van der Waals surface area contributed by atoms with Gasteiger partial charge < -0.3 is 16.0 Å². The zero-order chi connectivity index (χ0) is 18.9. The van der Waals surface area contributed by atoms with Crippen LogP contribution in [0.5, 0.6) is 0 Å². The standard InChI is InChI=1S/C17H33F2N5O.HI/c1-5-20-16(22-9-8-21-15(25)17(2,3)4)23-13-6-10-24(11-7-13)12-14(18)19;/h13-14H,5-12H2,1-4H3,(H,21,25)(H2,20,22,23);1H. The van der Waals surface area contributed by atoms with Gasteiger partial charge >= 0.3 is 0 Å². The summed E-state index contributed by atoms with van der Waals surface area (Å²) >= 11 is 0. The molecule has 0 aromatic carbocycles. The summed E-state index contributed by atoms with van der Waals surface area (Å²) in [5.74, 6) is 0.715. The molecule has 1 aliphatic rings. The fourth-order valence-corrected chi connectivity index (χ4v) is 2.57. The lowest BCUT2D eigenvalue weighted by Gasteiger charge is -2.32. The first-order chi connectivity index (χ1) is 11.7. The van der Waals surface area contributed by atoms with Crippen LogP contribution in [0.25, 0.3) is 0 Å². The third-order valence-electron chi connectivity index (χ3n) is 4.02. The number of carbonyl (C=O) groups is 1. The first kappa shape index (κ1) is 25.3. The summed E-state index contributed by atoms with van der Waals surface area (Å²) in [5.41, 5.74) is -0.404. The fraction of sp³-hybridized carbons (Fsp3) is 0.882. The van der Waals surface area contributed by atoms with Crippen LogP contribution in [0.1, 0.15) is 40.5 Å². The first-order valence-corrected chi connectivity index (χ1v) is 9.06. The predicted molar refractivity (Wildman–Crippen MR) is 112 cm³/mol. The van der Waals surface area contributed by atoms with Gasteiger partial charge in [-0.05, 0) is 19.8 Å². The average Bonchev–Trinajstić information content (AvgIpc) is 2.51. The molecular formula is C17H34F2IN5O. The van der Waals surface area contributed by atoms with Crippen LogP contribution in [0, 0.1) is 5.41 Å². The number of alkyl halides is 2. The van der Waals surface area contributed by atoms with Gasteiger partial charge in [0.05, 0.1) is 13.1 Å². The number of carbonyl (C=O) groups excluding carboxylic acids is 1. The molecule has 1 saturated heterocycles.